The molecule has 2 rings (SSSR count). The highest BCUT2D eigenvalue weighted by atomic mass is 14.9. The summed E-state index contributed by atoms with van der Waals surface area (Å²) in [6.45, 7) is 5.08. The Morgan fingerprint density at radius 2 is 1.94 bits per heavy atom. The summed E-state index contributed by atoms with van der Waals surface area (Å²) in [5, 5.41) is 3.56. The summed E-state index contributed by atoms with van der Waals surface area (Å²) < 4.78 is 0. The van der Waals surface area contributed by atoms with Crippen LogP contribution in [0.15, 0.2) is 24.3 Å². The molecule has 1 saturated carbocycles. The summed E-state index contributed by atoms with van der Waals surface area (Å²) in [5.74, 6) is 6.78. The molecule has 0 heterocycles. The third kappa shape index (κ3) is 3.35. The minimum atomic E-state index is 0.708. The predicted octanol–water partition coefficient (Wildman–Crippen LogP) is 3.24. The smallest absolute Gasteiger partial charge is 0.0214 e. The van der Waals surface area contributed by atoms with Gasteiger partial charge in [-0.25, -0.2) is 0 Å². The van der Waals surface area contributed by atoms with Crippen LogP contribution in [0.5, 0.6) is 0 Å². The Labute approximate surface area is 105 Å². The quantitative estimate of drug-likeness (QED) is 0.615. The Morgan fingerprint density at radius 3 is 2.59 bits per heavy atom. The Kier molecular flexibility index (Phi) is 4.23. The van der Waals surface area contributed by atoms with Gasteiger partial charge in [-0.15, -0.1) is 11.8 Å². The molecule has 1 aromatic carbocycles. The van der Waals surface area contributed by atoms with Crippen LogP contribution in [-0.4, -0.2) is 12.6 Å². The average molecular weight is 227 g/mol. The second-order valence-electron chi connectivity index (χ2n) is 4.91. The molecule has 1 aliphatic carbocycles. The topological polar surface area (TPSA) is 12.0 Å². The number of nitrogens with one attached hydrogen (secondary N) is 1. The van der Waals surface area contributed by atoms with Crippen LogP contribution in [0.2, 0.25) is 0 Å². The first-order valence-corrected chi connectivity index (χ1v) is 6.49. The number of benzene rings is 1. The van der Waals surface area contributed by atoms with Gasteiger partial charge in [0.05, 0.1) is 0 Å². The van der Waals surface area contributed by atoms with E-state index in [0.717, 1.165) is 18.9 Å². The van der Waals surface area contributed by atoms with Crippen LogP contribution in [0.4, 0.5) is 0 Å². The lowest BCUT2D eigenvalue weighted by Gasteiger charge is -2.36. The van der Waals surface area contributed by atoms with Gasteiger partial charge < -0.3 is 5.32 Å². The molecule has 0 saturated heterocycles. The monoisotopic (exact) mass is 227 g/mol. The zero-order valence-corrected chi connectivity index (χ0v) is 10.8. The first-order chi connectivity index (χ1) is 8.29. The molecule has 17 heavy (non-hydrogen) atoms. The van der Waals surface area contributed by atoms with Crippen molar-refractivity contribution in [3.63, 3.8) is 0 Å². The van der Waals surface area contributed by atoms with E-state index < -0.39 is 0 Å². The average Bonchev–Trinajstić information content (AvgIpc) is 2.28. The van der Waals surface area contributed by atoms with Crippen LogP contribution >= 0.6 is 0 Å². The van der Waals surface area contributed by atoms with E-state index >= 15 is 0 Å². The zero-order valence-electron chi connectivity index (χ0n) is 10.8. The molecule has 1 aromatic rings. The largest absolute Gasteiger partial charge is 0.313 e. The Morgan fingerprint density at radius 1 is 1.24 bits per heavy atom. The van der Waals surface area contributed by atoms with Gasteiger partial charge in [-0.2, -0.15) is 0 Å². The van der Waals surface area contributed by atoms with Crippen molar-refractivity contribution < 1.29 is 0 Å². The summed E-state index contributed by atoms with van der Waals surface area (Å²) in [6, 6.07) is 9.69. The van der Waals surface area contributed by atoms with Crippen molar-refractivity contribution in [3.8, 4) is 11.8 Å². The zero-order chi connectivity index (χ0) is 12.1. The van der Waals surface area contributed by atoms with E-state index in [2.05, 4.69) is 48.3 Å². The van der Waals surface area contributed by atoms with E-state index in [-0.39, 0.29) is 0 Å². The lowest BCUT2D eigenvalue weighted by atomic mass is 9.76. The first-order valence-electron chi connectivity index (χ1n) is 6.49. The third-order valence-corrected chi connectivity index (χ3v) is 3.55. The molecule has 0 bridgehead atoms. The predicted molar refractivity (Wildman–Crippen MR) is 73.0 cm³/mol. The van der Waals surface area contributed by atoms with Gasteiger partial charge in [0, 0.05) is 19.0 Å². The van der Waals surface area contributed by atoms with Crippen molar-refractivity contribution in [1.29, 1.82) is 0 Å². The minimum absolute atomic E-state index is 0.708. The van der Waals surface area contributed by atoms with Crippen LogP contribution in [-0.2, 0) is 0 Å². The van der Waals surface area contributed by atoms with Gasteiger partial charge in [0.1, 0.15) is 0 Å². The van der Waals surface area contributed by atoms with E-state index in [4.69, 9.17) is 0 Å². The van der Waals surface area contributed by atoms with Crippen molar-refractivity contribution in [3.05, 3.63) is 35.4 Å². The summed E-state index contributed by atoms with van der Waals surface area (Å²) in [6.07, 6.45) is 3.54. The molecule has 0 aromatic heterocycles. The van der Waals surface area contributed by atoms with Crippen molar-refractivity contribution >= 4 is 0 Å². The molecule has 1 nitrogen and oxygen atoms in total. The molecule has 1 heteroatoms. The van der Waals surface area contributed by atoms with Crippen molar-refractivity contribution in [2.24, 2.45) is 0 Å². The highest BCUT2D eigenvalue weighted by molar-refractivity contribution is 5.26. The van der Waals surface area contributed by atoms with E-state index in [1.807, 2.05) is 6.92 Å². The fraction of sp³-hybridized carbons (Fsp3) is 0.500. The van der Waals surface area contributed by atoms with Gasteiger partial charge in [-0.05, 0) is 38.2 Å². The van der Waals surface area contributed by atoms with Crippen LogP contribution in [0.3, 0.4) is 0 Å². The standard InChI is InChI=1S/C16H21N/c1-3-4-5-10-17-16-11-15(12-16)14-8-6-13(2)7-9-14/h6-9,15-17H,5,10-12H2,1-2H3. The van der Waals surface area contributed by atoms with E-state index in [1.165, 1.54) is 24.0 Å². The van der Waals surface area contributed by atoms with Gasteiger partial charge in [-0.1, -0.05) is 29.8 Å². The van der Waals surface area contributed by atoms with E-state index in [0.29, 0.717) is 6.04 Å². The van der Waals surface area contributed by atoms with Crippen LogP contribution in [0, 0.1) is 18.8 Å². The maximum atomic E-state index is 3.56. The molecule has 0 unspecified atom stereocenters. The summed E-state index contributed by atoms with van der Waals surface area (Å²) >= 11 is 0. The van der Waals surface area contributed by atoms with Gasteiger partial charge in [0.15, 0.2) is 0 Å². The lowest BCUT2D eigenvalue weighted by molar-refractivity contribution is 0.293. The van der Waals surface area contributed by atoms with Crippen molar-refractivity contribution in [2.75, 3.05) is 6.54 Å². The van der Waals surface area contributed by atoms with Gasteiger partial charge in [-0.3, -0.25) is 0 Å². The molecule has 0 radical (unpaired) electrons. The Bertz CT molecular complexity index is 401. The minimum Gasteiger partial charge on any atom is -0.313 e. The molecule has 1 aliphatic rings. The Balaban J connectivity index is 1.71. The highest BCUT2D eigenvalue weighted by Gasteiger charge is 2.29. The summed E-state index contributed by atoms with van der Waals surface area (Å²) in [4.78, 5) is 0. The van der Waals surface area contributed by atoms with Crippen molar-refractivity contribution in [1.82, 2.24) is 5.32 Å². The first kappa shape index (κ1) is 12.2. The van der Waals surface area contributed by atoms with Crippen LogP contribution < -0.4 is 5.32 Å². The molecular weight excluding hydrogens is 206 g/mol. The normalized spacial score (nSPS) is 22.5. The van der Waals surface area contributed by atoms with Crippen LogP contribution in [0.25, 0.3) is 0 Å². The van der Waals surface area contributed by atoms with E-state index in [1.54, 1.807) is 0 Å². The number of hydrogen-bond donors (Lipinski definition) is 1. The maximum Gasteiger partial charge on any atom is 0.0214 e. The molecule has 1 N–H and O–H groups in total. The number of aryl methyl sites for hydroxylation is 1. The second-order valence-corrected chi connectivity index (χ2v) is 4.91. The lowest BCUT2D eigenvalue weighted by Crippen LogP contribution is -2.40. The fourth-order valence-corrected chi connectivity index (χ4v) is 2.36. The second kappa shape index (κ2) is 5.89. The fourth-order valence-electron chi connectivity index (χ4n) is 2.36. The molecule has 1 fully saturated rings. The number of hydrogen-bond acceptors (Lipinski definition) is 1. The number of rotatable bonds is 4. The van der Waals surface area contributed by atoms with Gasteiger partial charge in [0.2, 0.25) is 0 Å². The van der Waals surface area contributed by atoms with Gasteiger partial charge >= 0.3 is 0 Å². The van der Waals surface area contributed by atoms with Crippen LogP contribution in [0.1, 0.15) is 43.2 Å². The molecule has 0 spiro atoms. The summed E-state index contributed by atoms with van der Waals surface area (Å²) in [7, 11) is 0. The van der Waals surface area contributed by atoms with Crippen molar-refractivity contribution in [2.45, 2.75) is 45.1 Å². The van der Waals surface area contributed by atoms with Gasteiger partial charge in [0.25, 0.3) is 0 Å². The maximum absolute atomic E-state index is 3.56. The molecule has 0 amide bonds. The SMILES string of the molecule is CC#CCCNC1CC(c2ccc(C)cc2)C1. The highest BCUT2D eigenvalue weighted by Crippen LogP contribution is 2.36. The molecule has 90 valence electrons. The molecule has 0 atom stereocenters. The Hall–Kier alpha value is -1.26. The summed E-state index contributed by atoms with van der Waals surface area (Å²) in [5.41, 5.74) is 2.85. The third-order valence-electron chi connectivity index (χ3n) is 3.55. The van der Waals surface area contributed by atoms with E-state index in [9.17, 15) is 0 Å². The molecular formula is C16H21N. The molecule has 0 aliphatic heterocycles.